The summed E-state index contributed by atoms with van der Waals surface area (Å²) in [5.41, 5.74) is 0.955. The summed E-state index contributed by atoms with van der Waals surface area (Å²) in [6, 6.07) is 18.2. The first-order valence-corrected chi connectivity index (χ1v) is 11.2. The number of ether oxygens (including phenoxy) is 2. The zero-order valence-corrected chi connectivity index (χ0v) is 18.7. The minimum Gasteiger partial charge on any atom is -0.495 e. The molecule has 1 N–H and O–H groups in total. The van der Waals surface area contributed by atoms with Gasteiger partial charge in [-0.1, -0.05) is 30.3 Å². The van der Waals surface area contributed by atoms with Crippen LogP contribution in [-0.4, -0.2) is 35.1 Å². The molecule has 0 heterocycles. The predicted octanol–water partition coefficient (Wildman–Crippen LogP) is 4.05. The van der Waals surface area contributed by atoms with Gasteiger partial charge in [-0.3, -0.25) is 9.10 Å². The van der Waals surface area contributed by atoms with Gasteiger partial charge in [0.1, 0.15) is 11.5 Å². The average Bonchev–Trinajstić information content (AvgIpc) is 2.82. The highest BCUT2D eigenvalue weighted by atomic mass is 32.2. The zero-order valence-electron chi connectivity index (χ0n) is 17.9. The molecule has 3 rings (SSSR count). The van der Waals surface area contributed by atoms with Crippen molar-refractivity contribution >= 4 is 21.6 Å². The number of nitrogens with one attached hydrogen (secondary N) is 1. The second-order valence-corrected chi connectivity index (χ2v) is 8.81. The molecule has 10 heteroatoms. The number of nitrogens with zero attached hydrogens (tertiary/aromatic N) is 1. The molecule has 33 heavy (non-hydrogen) atoms. The number of hydrogen-bond acceptors (Lipinski definition) is 5. The molecule has 0 fully saturated rings. The highest BCUT2D eigenvalue weighted by Gasteiger charge is 2.24. The van der Waals surface area contributed by atoms with Gasteiger partial charge in [-0.15, -0.1) is 0 Å². The van der Waals surface area contributed by atoms with Crippen LogP contribution in [0.15, 0.2) is 77.7 Å². The van der Waals surface area contributed by atoms with E-state index in [1.54, 1.807) is 42.5 Å². The number of benzene rings is 3. The zero-order chi connectivity index (χ0) is 24.0. The Morgan fingerprint density at radius 1 is 0.970 bits per heavy atom. The second kappa shape index (κ2) is 10.3. The Labute approximate surface area is 190 Å². The summed E-state index contributed by atoms with van der Waals surface area (Å²) in [5, 5.41) is 2.61. The molecule has 0 saturated carbocycles. The fraction of sp³-hybridized carbons (Fsp3) is 0.174. The monoisotopic (exact) mass is 476 g/mol. The third kappa shape index (κ3) is 5.58. The van der Waals surface area contributed by atoms with Crippen LogP contribution in [0.4, 0.5) is 14.5 Å². The smallest absolute Gasteiger partial charge is 0.387 e. The maximum absolute atomic E-state index is 13.0. The molecule has 0 spiro atoms. The first-order valence-electron chi connectivity index (χ1n) is 9.77. The molecule has 174 valence electrons. The summed E-state index contributed by atoms with van der Waals surface area (Å²) in [6.45, 7) is -3.02. The first-order chi connectivity index (χ1) is 15.7. The number of amides is 1. The Hall–Kier alpha value is -3.66. The van der Waals surface area contributed by atoms with Crippen molar-refractivity contribution in [2.24, 2.45) is 0 Å². The van der Waals surface area contributed by atoms with E-state index in [0.717, 1.165) is 4.31 Å². The predicted molar refractivity (Wildman–Crippen MR) is 119 cm³/mol. The Morgan fingerprint density at radius 3 is 2.21 bits per heavy atom. The van der Waals surface area contributed by atoms with E-state index in [0.29, 0.717) is 17.0 Å². The fourth-order valence-corrected chi connectivity index (χ4v) is 4.30. The summed E-state index contributed by atoms with van der Waals surface area (Å²) in [7, 11) is -1.05. The standard InChI is InChI=1S/C23H22F2N2O5S/c1-27(19-8-4-6-10-21(19)31-2)33(29,30)18-13-11-16(12-14-18)22(28)26-15-17-7-3-5-9-20(17)32-23(24)25/h3-14,23H,15H2,1-2H3,(H,26,28). The van der Waals surface area contributed by atoms with Crippen LogP contribution in [0.25, 0.3) is 0 Å². The van der Waals surface area contributed by atoms with Crippen LogP contribution in [-0.2, 0) is 16.6 Å². The second-order valence-electron chi connectivity index (χ2n) is 6.84. The molecule has 0 aliphatic rings. The van der Waals surface area contributed by atoms with Crippen LogP contribution in [0.3, 0.4) is 0 Å². The molecule has 0 aliphatic heterocycles. The molecule has 0 saturated heterocycles. The van der Waals surface area contributed by atoms with Crippen LogP contribution >= 0.6 is 0 Å². The number of anilines is 1. The Bertz CT molecular complexity index is 1220. The van der Waals surface area contributed by atoms with Crippen molar-refractivity contribution in [2.75, 3.05) is 18.5 Å². The van der Waals surface area contributed by atoms with Gasteiger partial charge in [-0.2, -0.15) is 8.78 Å². The maximum Gasteiger partial charge on any atom is 0.387 e. The topological polar surface area (TPSA) is 84.9 Å². The van der Waals surface area contributed by atoms with Gasteiger partial charge in [0.05, 0.1) is 17.7 Å². The minimum atomic E-state index is -3.91. The van der Waals surface area contributed by atoms with Crippen molar-refractivity contribution in [3.8, 4) is 11.5 Å². The van der Waals surface area contributed by atoms with Gasteiger partial charge in [0, 0.05) is 24.7 Å². The van der Waals surface area contributed by atoms with Gasteiger partial charge < -0.3 is 14.8 Å². The largest absolute Gasteiger partial charge is 0.495 e. The van der Waals surface area contributed by atoms with E-state index < -0.39 is 22.5 Å². The number of para-hydroxylation sites is 3. The van der Waals surface area contributed by atoms with Crippen LogP contribution < -0.4 is 19.1 Å². The van der Waals surface area contributed by atoms with E-state index in [2.05, 4.69) is 10.1 Å². The molecule has 3 aromatic carbocycles. The average molecular weight is 477 g/mol. The number of alkyl halides is 2. The third-order valence-electron chi connectivity index (χ3n) is 4.83. The molecule has 0 radical (unpaired) electrons. The van der Waals surface area contributed by atoms with Crippen LogP contribution in [0.2, 0.25) is 0 Å². The van der Waals surface area contributed by atoms with Crippen molar-refractivity contribution in [2.45, 2.75) is 18.1 Å². The summed E-state index contributed by atoms with van der Waals surface area (Å²) in [4.78, 5) is 12.5. The molecule has 0 atom stereocenters. The Morgan fingerprint density at radius 2 is 1.58 bits per heavy atom. The highest BCUT2D eigenvalue weighted by Crippen LogP contribution is 2.31. The minimum absolute atomic E-state index is 0.0110. The SMILES string of the molecule is COc1ccccc1N(C)S(=O)(=O)c1ccc(C(=O)NCc2ccccc2OC(F)F)cc1. The van der Waals surface area contributed by atoms with Gasteiger partial charge in [0.2, 0.25) is 0 Å². The van der Waals surface area contributed by atoms with Crippen molar-refractivity contribution in [3.05, 3.63) is 83.9 Å². The summed E-state index contributed by atoms with van der Waals surface area (Å²) >= 11 is 0. The van der Waals surface area contributed by atoms with E-state index in [1.807, 2.05) is 0 Å². The number of sulfonamides is 1. The molecular formula is C23H22F2N2O5S. The summed E-state index contributed by atoms with van der Waals surface area (Å²) in [5.74, 6) is -0.131. The lowest BCUT2D eigenvalue weighted by Gasteiger charge is -2.21. The number of rotatable bonds is 9. The molecular weight excluding hydrogens is 454 g/mol. The Balaban J connectivity index is 1.73. The molecule has 3 aromatic rings. The molecule has 7 nitrogen and oxygen atoms in total. The normalized spacial score (nSPS) is 11.2. The van der Waals surface area contributed by atoms with Gasteiger partial charge in [0.25, 0.3) is 15.9 Å². The highest BCUT2D eigenvalue weighted by molar-refractivity contribution is 7.92. The third-order valence-corrected chi connectivity index (χ3v) is 6.61. The van der Waals surface area contributed by atoms with Gasteiger partial charge in [-0.25, -0.2) is 8.42 Å². The van der Waals surface area contributed by atoms with Gasteiger partial charge >= 0.3 is 6.61 Å². The first kappa shape index (κ1) is 24.0. The number of methoxy groups -OCH3 is 1. The summed E-state index contributed by atoms with van der Waals surface area (Å²) < 4.78 is 61.9. The molecule has 0 aliphatic carbocycles. The fourth-order valence-electron chi connectivity index (χ4n) is 3.09. The van der Waals surface area contributed by atoms with Crippen molar-refractivity contribution < 1.29 is 31.5 Å². The van der Waals surface area contributed by atoms with E-state index in [9.17, 15) is 22.0 Å². The van der Waals surface area contributed by atoms with Crippen molar-refractivity contribution in [1.82, 2.24) is 5.32 Å². The lowest BCUT2D eigenvalue weighted by Crippen LogP contribution is -2.27. The number of hydrogen-bond donors (Lipinski definition) is 1. The molecule has 1 amide bonds. The molecule has 0 aromatic heterocycles. The van der Waals surface area contributed by atoms with Crippen molar-refractivity contribution in [3.63, 3.8) is 0 Å². The van der Waals surface area contributed by atoms with Crippen LogP contribution in [0.5, 0.6) is 11.5 Å². The summed E-state index contributed by atoms with van der Waals surface area (Å²) in [6.07, 6.45) is 0. The lowest BCUT2D eigenvalue weighted by atomic mass is 10.2. The quantitative estimate of drug-likeness (QED) is 0.504. The van der Waals surface area contributed by atoms with Crippen LogP contribution in [0, 0.1) is 0 Å². The van der Waals surface area contributed by atoms with E-state index in [-0.39, 0.29) is 22.8 Å². The molecule has 0 unspecified atom stereocenters. The number of carbonyl (C=O) groups excluding carboxylic acids is 1. The van der Waals surface area contributed by atoms with Gasteiger partial charge in [-0.05, 0) is 42.5 Å². The van der Waals surface area contributed by atoms with Crippen LogP contribution in [0.1, 0.15) is 15.9 Å². The number of halogens is 2. The van der Waals surface area contributed by atoms with E-state index in [4.69, 9.17) is 4.74 Å². The number of carbonyl (C=O) groups is 1. The van der Waals surface area contributed by atoms with Gasteiger partial charge in [0.15, 0.2) is 0 Å². The van der Waals surface area contributed by atoms with Crippen molar-refractivity contribution in [1.29, 1.82) is 0 Å². The maximum atomic E-state index is 13.0. The van der Waals surface area contributed by atoms with E-state index in [1.165, 1.54) is 44.5 Å². The molecule has 0 bridgehead atoms. The van der Waals surface area contributed by atoms with E-state index >= 15 is 0 Å². The Kier molecular flexibility index (Phi) is 7.49. The lowest BCUT2D eigenvalue weighted by molar-refractivity contribution is -0.0504.